The van der Waals surface area contributed by atoms with Crippen molar-refractivity contribution in [2.75, 3.05) is 29.6 Å². The van der Waals surface area contributed by atoms with Crippen molar-refractivity contribution in [2.45, 2.75) is 50.2 Å². The van der Waals surface area contributed by atoms with Gasteiger partial charge in [0.05, 0.1) is 24.9 Å². The molecule has 2 aromatic rings. The monoisotopic (exact) mass is 574 g/mol. The second kappa shape index (κ2) is 9.25. The third-order valence-electron chi connectivity index (χ3n) is 7.68. The molecule has 2 saturated heterocycles. The number of nitrogens with zero attached hydrogens (tertiary/aromatic N) is 2. The lowest BCUT2D eigenvalue weighted by molar-refractivity contribution is -0.146. The van der Waals surface area contributed by atoms with Gasteiger partial charge in [-0.3, -0.25) is 9.69 Å². The highest BCUT2D eigenvalue weighted by molar-refractivity contribution is 9.10. The van der Waals surface area contributed by atoms with Crippen LogP contribution in [0.5, 0.6) is 0 Å². The van der Waals surface area contributed by atoms with Crippen LogP contribution in [0.1, 0.15) is 24.5 Å². The van der Waals surface area contributed by atoms with Crippen LogP contribution in [0.2, 0.25) is 18.6 Å². The summed E-state index contributed by atoms with van der Waals surface area (Å²) in [4.78, 5) is 40.9. The summed E-state index contributed by atoms with van der Waals surface area (Å²) in [6.45, 7) is 6.79. The number of halogens is 1. The standard InChI is InChI=1S/C26H31BrN2O6Si/c1-16-23(36(2,3)33)22(9-11-30)35-26(16)20-14-18(27)7-8-21(20)29(24(26)31)15-17-5-4-6-19(13-17)28-10-12-34-25(28)32/h4-8,13-14,16,22-23,30,33H,9-12,15H2,1-3H3/t16-,22+,23-,26+/m1/s1. The molecular formula is C26H31BrN2O6Si. The molecule has 2 amide bonds. The van der Waals surface area contributed by atoms with E-state index in [1.165, 1.54) is 0 Å². The Bertz CT molecular complexity index is 1200. The van der Waals surface area contributed by atoms with Crippen molar-refractivity contribution in [2.24, 2.45) is 5.92 Å². The van der Waals surface area contributed by atoms with Crippen molar-refractivity contribution >= 4 is 47.6 Å². The van der Waals surface area contributed by atoms with Crippen LogP contribution in [-0.2, 0) is 26.4 Å². The average Bonchev–Trinajstić information content (AvgIpc) is 3.44. The molecule has 0 bridgehead atoms. The number of amides is 2. The van der Waals surface area contributed by atoms with E-state index in [-0.39, 0.29) is 30.1 Å². The normalized spacial score (nSPS) is 27.8. The maximum atomic E-state index is 14.3. The molecule has 0 aliphatic carbocycles. The van der Waals surface area contributed by atoms with E-state index in [1.807, 2.05) is 62.5 Å². The van der Waals surface area contributed by atoms with E-state index in [4.69, 9.17) is 9.47 Å². The van der Waals surface area contributed by atoms with E-state index in [1.54, 1.807) is 9.80 Å². The molecule has 3 aliphatic heterocycles. The van der Waals surface area contributed by atoms with Gasteiger partial charge in [-0.05, 0) is 55.4 Å². The van der Waals surface area contributed by atoms with Crippen LogP contribution in [0.15, 0.2) is 46.9 Å². The van der Waals surface area contributed by atoms with Gasteiger partial charge in [0.1, 0.15) is 6.61 Å². The highest BCUT2D eigenvalue weighted by Gasteiger charge is 2.66. The fourth-order valence-corrected chi connectivity index (χ4v) is 9.20. The van der Waals surface area contributed by atoms with E-state index in [0.717, 1.165) is 27.0 Å². The molecule has 3 heterocycles. The molecule has 5 rings (SSSR count). The number of benzene rings is 2. The van der Waals surface area contributed by atoms with Crippen LogP contribution >= 0.6 is 15.9 Å². The van der Waals surface area contributed by atoms with Gasteiger partial charge >= 0.3 is 6.09 Å². The predicted octanol–water partition coefficient (Wildman–Crippen LogP) is 4.13. The number of hydrogen-bond donors (Lipinski definition) is 2. The number of aliphatic hydroxyl groups is 1. The predicted molar refractivity (Wildman–Crippen MR) is 141 cm³/mol. The van der Waals surface area contributed by atoms with Gasteiger partial charge in [0, 0.05) is 33.8 Å². The minimum absolute atomic E-state index is 0.0799. The molecule has 0 saturated carbocycles. The Kier molecular flexibility index (Phi) is 6.53. The summed E-state index contributed by atoms with van der Waals surface area (Å²) in [5.41, 5.74) is 1.68. The lowest BCUT2D eigenvalue weighted by atomic mass is 9.82. The van der Waals surface area contributed by atoms with Crippen LogP contribution in [0.25, 0.3) is 0 Å². The molecule has 0 aromatic heterocycles. The number of hydrogen-bond acceptors (Lipinski definition) is 6. The van der Waals surface area contributed by atoms with E-state index in [0.29, 0.717) is 26.1 Å². The van der Waals surface area contributed by atoms with Crippen molar-refractivity contribution in [3.05, 3.63) is 58.1 Å². The summed E-state index contributed by atoms with van der Waals surface area (Å²) in [6.07, 6.45) is -0.432. The molecule has 2 N–H and O–H groups in total. The lowest BCUT2D eigenvalue weighted by Crippen LogP contribution is -2.46. The first kappa shape index (κ1) is 25.4. The SMILES string of the molecule is C[C@@H]1[C@@H]([Si](C)(C)O)[C@H](CCO)O[C@@]12C(=O)N(Cc1cccc(N3CCOC3=O)c1)c1ccc(Br)cc12. The maximum absolute atomic E-state index is 14.3. The number of aliphatic hydroxyl groups excluding tert-OH is 1. The fourth-order valence-electron chi connectivity index (χ4n) is 6.24. The molecule has 1 spiro atoms. The summed E-state index contributed by atoms with van der Waals surface area (Å²) in [5.74, 6) is -0.449. The summed E-state index contributed by atoms with van der Waals surface area (Å²) in [6, 6.07) is 13.3. The molecule has 10 heteroatoms. The van der Waals surface area contributed by atoms with Crippen LogP contribution in [0.4, 0.5) is 16.2 Å². The molecule has 2 fully saturated rings. The smallest absolute Gasteiger partial charge is 0.414 e. The van der Waals surface area contributed by atoms with Gasteiger partial charge in [-0.25, -0.2) is 4.79 Å². The van der Waals surface area contributed by atoms with Crippen LogP contribution in [-0.4, -0.2) is 56.1 Å². The number of fused-ring (bicyclic) bond motifs is 2. The Morgan fingerprint density at radius 1 is 1.19 bits per heavy atom. The minimum Gasteiger partial charge on any atom is -0.447 e. The van der Waals surface area contributed by atoms with Gasteiger partial charge in [0.15, 0.2) is 13.9 Å². The average molecular weight is 576 g/mol. The van der Waals surface area contributed by atoms with E-state index >= 15 is 0 Å². The number of cyclic esters (lactones) is 1. The van der Waals surface area contributed by atoms with Crippen molar-refractivity contribution in [1.82, 2.24) is 0 Å². The summed E-state index contributed by atoms with van der Waals surface area (Å²) >= 11 is 3.56. The van der Waals surface area contributed by atoms with Gasteiger partial charge in [-0.15, -0.1) is 0 Å². The lowest BCUT2D eigenvalue weighted by Gasteiger charge is -2.32. The van der Waals surface area contributed by atoms with Gasteiger partial charge in [0.2, 0.25) is 0 Å². The zero-order valence-corrected chi connectivity index (χ0v) is 23.2. The highest BCUT2D eigenvalue weighted by Crippen LogP contribution is 2.60. The fraction of sp³-hybridized carbons (Fsp3) is 0.462. The second-order valence-corrected chi connectivity index (χ2v) is 15.3. The van der Waals surface area contributed by atoms with Crippen molar-refractivity contribution < 1.29 is 29.0 Å². The van der Waals surface area contributed by atoms with Gasteiger partial charge in [-0.1, -0.05) is 35.0 Å². The topological polar surface area (TPSA) is 99.5 Å². The first-order valence-electron chi connectivity index (χ1n) is 12.2. The summed E-state index contributed by atoms with van der Waals surface area (Å²) in [7, 11) is -2.74. The Labute approximate surface area is 220 Å². The Morgan fingerprint density at radius 2 is 1.97 bits per heavy atom. The van der Waals surface area contributed by atoms with Crippen molar-refractivity contribution in [3.8, 4) is 0 Å². The molecule has 4 atom stereocenters. The van der Waals surface area contributed by atoms with E-state index in [9.17, 15) is 19.5 Å². The first-order valence-corrected chi connectivity index (χ1v) is 16.1. The van der Waals surface area contributed by atoms with Crippen molar-refractivity contribution in [1.29, 1.82) is 0 Å². The molecule has 3 aliphatic rings. The Hall–Kier alpha value is -2.24. The molecular weight excluding hydrogens is 544 g/mol. The number of carbonyl (C=O) groups is 2. The number of anilines is 2. The first-order chi connectivity index (χ1) is 17.1. The van der Waals surface area contributed by atoms with E-state index < -0.39 is 20.0 Å². The minimum atomic E-state index is -2.74. The summed E-state index contributed by atoms with van der Waals surface area (Å²) in [5, 5.41) is 9.73. The zero-order chi connectivity index (χ0) is 25.8. The van der Waals surface area contributed by atoms with Gasteiger partial charge < -0.3 is 24.3 Å². The quantitative estimate of drug-likeness (QED) is 0.503. The number of ether oxygens (including phenoxy) is 2. The van der Waals surface area contributed by atoms with Gasteiger partial charge in [0.25, 0.3) is 5.91 Å². The van der Waals surface area contributed by atoms with Crippen LogP contribution in [0, 0.1) is 5.92 Å². The van der Waals surface area contributed by atoms with Crippen molar-refractivity contribution in [3.63, 3.8) is 0 Å². The highest BCUT2D eigenvalue weighted by atomic mass is 79.9. The van der Waals surface area contributed by atoms with Crippen LogP contribution in [0.3, 0.4) is 0 Å². The molecule has 36 heavy (non-hydrogen) atoms. The Balaban J connectivity index is 1.55. The molecule has 8 nitrogen and oxygen atoms in total. The third kappa shape index (κ3) is 3.99. The molecule has 192 valence electrons. The number of rotatable bonds is 6. The Morgan fingerprint density at radius 3 is 2.64 bits per heavy atom. The van der Waals surface area contributed by atoms with Crippen LogP contribution < -0.4 is 9.80 Å². The largest absolute Gasteiger partial charge is 0.447 e. The molecule has 0 unspecified atom stereocenters. The van der Waals surface area contributed by atoms with Gasteiger partial charge in [-0.2, -0.15) is 0 Å². The molecule has 0 radical (unpaired) electrons. The van der Waals surface area contributed by atoms with E-state index in [2.05, 4.69) is 15.9 Å². The summed E-state index contributed by atoms with van der Waals surface area (Å²) < 4.78 is 12.5. The zero-order valence-electron chi connectivity index (χ0n) is 20.6. The maximum Gasteiger partial charge on any atom is 0.414 e. The second-order valence-electron chi connectivity index (χ2n) is 10.4. The molecule has 2 aromatic carbocycles. The third-order valence-corrected chi connectivity index (χ3v) is 10.7. The number of carbonyl (C=O) groups excluding carboxylic acids is 2.